The molecule has 2 rings (SSSR count). The van der Waals surface area contributed by atoms with Crippen molar-refractivity contribution < 1.29 is 0 Å². The van der Waals surface area contributed by atoms with Crippen LogP contribution in [0, 0.1) is 12.8 Å². The van der Waals surface area contributed by atoms with Gasteiger partial charge in [-0.3, -0.25) is 4.99 Å². The van der Waals surface area contributed by atoms with Crippen LogP contribution in [-0.4, -0.2) is 69.1 Å². The molecule has 0 amide bonds. The number of nitrogens with one attached hydrogen (secondary N) is 2. The molecule has 0 aromatic heterocycles. The molecule has 24 heavy (non-hydrogen) atoms. The summed E-state index contributed by atoms with van der Waals surface area (Å²) < 4.78 is 0. The van der Waals surface area contributed by atoms with Gasteiger partial charge >= 0.3 is 0 Å². The molecule has 0 spiro atoms. The molecule has 1 heterocycles. The van der Waals surface area contributed by atoms with Gasteiger partial charge in [-0.15, -0.1) is 0 Å². The first-order valence-corrected chi connectivity index (χ1v) is 8.98. The molecule has 1 aliphatic heterocycles. The van der Waals surface area contributed by atoms with Crippen molar-refractivity contribution in [2.45, 2.75) is 20.4 Å². The SMILES string of the molecule is CN=C(NCc1ccccc1C)NCC(C)CN1CCN(C)CC1. The van der Waals surface area contributed by atoms with Gasteiger partial charge in [0.15, 0.2) is 5.96 Å². The average molecular weight is 332 g/mol. The highest BCUT2D eigenvalue weighted by atomic mass is 15.2. The molecule has 0 bridgehead atoms. The Kier molecular flexibility index (Phi) is 7.53. The van der Waals surface area contributed by atoms with Crippen molar-refractivity contribution in [3.8, 4) is 0 Å². The van der Waals surface area contributed by atoms with Gasteiger partial charge < -0.3 is 20.4 Å². The van der Waals surface area contributed by atoms with Crippen LogP contribution in [0.4, 0.5) is 0 Å². The summed E-state index contributed by atoms with van der Waals surface area (Å²) >= 11 is 0. The Morgan fingerprint density at radius 2 is 1.88 bits per heavy atom. The Balaban J connectivity index is 1.70. The number of guanidine groups is 1. The Morgan fingerprint density at radius 1 is 1.17 bits per heavy atom. The predicted molar refractivity (Wildman–Crippen MR) is 102 cm³/mol. The maximum atomic E-state index is 4.34. The molecule has 1 fully saturated rings. The van der Waals surface area contributed by atoms with Crippen LogP contribution in [0.1, 0.15) is 18.1 Å². The number of likely N-dealkylation sites (N-methyl/N-ethyl adjacent to an activating group) is 1. The lowest BCUT2D eigenvalue weighted by Gasteiger charge is -2.34. The van der Waals surface area contributed by atoms with Crippen LogP contribution in [-0.2, 0) is 6.54 Å². The zero-order valence-electron chi connectivity index (χ0n) is 15.7. The number of hydrogen-bond acceptors (Lipinski definition) is 3. The van der Waals surface area contributed by atoms with Crippen molar-refractivity contribution in [2.75, 3.05) is 53.4 Å². The summed E-state index contributed by atoms with van der Waals surface area (Å²) in [5.41, 5.74) is 2.62. The number of hydrogen-bond donors (Lipinski definition) is 2. The second-order valence-corrected chi connectivity index (χ2v) is 6.94. The van der Waals surface area contributed by atoms with Gasteiger partial charge in [0, 0.05) is 52.9 Å². The Morgan fingerprint density at radius 3 is 2.54 bits per heavy atom. The molecule has 5 nitrogen and oxygen atoms in total. The molecule has 1 unspecified atom stereocenters. The maximum absolute atomic E-state index is 4.34. The van der Waals surface area contributed by atoms with Crippen LogP contribution in [0.25, 0.3) is 0 Å². The number of nitrogens with zero attached hydrogens (tertiary/aromatic N) is 3. The molecular formula is C19H33N5. The summed E-state index contributed by atoms with van der Waals surface area (Å²) in [6, 6.07) is 8.46. The van der Waals surface area contributed by atoms with E-state index in [-0.39, 0.29) is 0 Å². The van der Waals surface area contributed by atoms with E-state index >= 15 is 0 Å². The van der Waals surface area contributed by atoms with Crippen LogP contribution in [0.3, 0.4) is 0 Å². The summed E-state index contributed by atoms with van der Waals surface area (Å²) in [5.74, 6) is 1.48. The van der Waals surface area contributed by atoms with Crippen LogP contribution in [0.5, 0.6) is 0 Å². The minimum absolute atomic E-state index is 0.602. The van der Waals surface area contributed by atoms with E-state index in [0.717, 1.165) is 25.6 Å². The Hall–Kier alpha value is -1.59. The first-order valence-electron chi connectivity index (χ1n) is 8.98. The lowest BCUT2D eigenvalue weighted by Crippen LogP contribution is -2.47. The zero-order valence-corrected chi connectivity index (χ0v) is 15.7. The molecule has 2 N–H and O–H groups in total. The van der Waals surface area contributed by atoms with Gasteiger partial charge in [0.1, 0.15) is 0 Å². The maximum Gasteiger partial charge on any atom is 0.191 e. The Bertz CT molecular complexity index is 520. The number of aliphatic imine (C=N–C) groups is 1. The van der Waals surface area contributed by atoms with Gasteiger partial charge in [0.25, 0.3) is 0 Å². The van der Waals surface area contributed by atoms with E-state index in [4.69, 9.17) is 0 Å². The van der Waals surface area contributed by atoms with E-state index in [1.54, 1.807) is 0 Å². The van der Waals surface area contributed by atoms with E-state index in [2.05, 4.69) is 70.6 Å². The van der Waals surface area contributed by atoms with Gasteiger partial charge in [-0.25, -0.2) is 0 Å². The third-order valence-electron chi connectivity index (χ3n) is 4.71. The molecule has 0 saturated carbocycles. The largest absolute Gasteiger partial charge is 0.356 e. The lowest BCUT2D eigenvalue weighted by atomic mass is 10.1. The number of piperazine rings is 1. The third kappa shape index (κ3) is 6.13. The number of aryl methyl sites for hydroxylation is 1. The minimum atomic E-state index is 0.602. The summed E-state index contributed by atoms with van der Waals surface area (Å²) in [4.78, 5) is 9.30. The standard InChI is InChI=1S/C19H33N5/c1-16(15-24-11-9-23(4)10-12-24)13-21-19(20-3)22-14-18-8-6-5-7-17(18)2/h5-8,16H,9-15H2,1-4H3,(H2,20,21,22). The van der Waals surface area contributed by atoms with Gasteiger partial charge in [-0.05, 0) is 31.0 Å². The lowest BCUT2D eigenvalue weighted by molar-refractivity contribution is 0.139. The molecule has 1 aliphatic rings. The van der Waals surface area contributed by atoms with E-state index in [1.165, 1.54) is 37.3 Å². The second-order valence-electron chi connectivity index (χ2n) is 6.94. The quantitative estimate of drug-likeness (QED) is 0.613. The average Bonchev–Trinajstić information content (AvgIpc) is 2.58. The fraction of sp³-hybridized carbons (Fsp3) is 0.632. The van der Waals surface area contributed by atoms with Crippen LogP contribution in [0.15, 0.2) is 29.3 Å². The molecular weight excluding hydrogens is 298 g/mol. The molecule has 0 radical (unpaired) electrons. The first-order chi connectivity index (χ1) is 11.6. The van der Waals surface area contributed by atoms with E-state index in [9.17, 15) is 0 Å². The normalized spacial score (nSPS) is 18.4. The van der Waals surface area contributed by atoms with Crippen molar-refractivity contribution in [3.05, 3.63) is 35.4 Å². The molecule has 1 aromatic rings. The topological polar surface area (TPSA) is 42.9 Å². The molecule has 1 atom stereocenters. The van der Waals surface area contributed by atoms with Crippen LogP contribution >= 0.6 is 0 Å². The summed E-state index contributed by atoms with van der Waals surface area (Å²) in [6.45, 7) is 12.1. The summed E-state index contributed by atoms with van der Waals surface area (Å²) in [6.07, 6.45) is 0. The van der Waals surface area contributed by atoms with Crippen LogP contribution in [0.2, 0.25) is 0 Å². The molecule has 5 heteroatoms. The molecule has 1 saturated heterocycles. The van der Waals surface area contributed by atoms with Crippen molar-refractivity contribution >= 4 is 5.96 Å². The van der Waals surface area contributed by atoms with E-state index < -0.39 is 0 Å². The van der Waals surface area contributed by atoms with Crippen molar-refractivity contribution in [3.63, 3.8) is 0 Å². The Labute approximate surface area is 147 Å². The van der Waals surface area contributed by atoms with Crippen molar-refractivity contribution in [1.82, 2.24) is 20.4 Å². The van der Waals surface area contributed by atoms with Gasteiger partial charge in [-0.1, -0.05) is 31.2 Å². The van der Waals surface area contributed by atoms with Crippen molar-refractivity contribution in [2.24, 2.45) is 10.9 Å². The number of rotatable bonds is 6. The van der Waals surface area contributed by atoms with E-state index in [1.807, 2.05) is 7.05 Å². The number of benzene rings is 1. The van der Waals surface area contributed by atoms with Crippen LogP contribution < -0.4 is 10.6 Å². The molecule has 0 aliphatic carbocycles. The molecule has 134 valence electrons. The fourth-order valence-electron chi connectivity index (χ4n) is 3.01. The highest BCUT2D eigenvalue weighted by Gasteiger charge is 2.16. The third-order valence-corrected chi connectivity index (χ3v) is 4.71. The highest BCUT2D eigenvalue weighted by molar-refractivity contribution is 5.79. The van der Waals surface area contributed by atoms with Crippen molar-refractivity contribution in [1.29, 1.82) is 0 Å². The summed E-state index contributed by atoms with van der Waals surface area (Å²) in [7, 11) is 4.03. The highest BCUT2D eigenvalue weighted by Crippen LogP contribution is 2.06. The fourth-order valence-corrected chi connectivity index (χ4v) is 3.01. The smallest absolute Gasteiger partial charge is 0.191 e. The predicted octanol–water partition coefficient (Wildman–Crippen LogP) is 1.54. The molecule has 1 aromatic carbocycles. The van der Waals surface area contributed by atoms with Gasteiger partial charge in [0.05, 0.1) is 0 Å². The minimum Gasteiger partial charge on any atom is -0.356 e. The summed E-state index contributed by atoms with van der Waals surface area (Å²) in [5, 5.41) is 6.87. The van der Waals surface area contributed by atoms with E-state index in [0.29, 0.717) is 5.92 Å². The first kappa shape index (κ1) is 18.7. The monoisotopic (exact) mass is 331 g/mol. The van der Waals surface area contributed by atoms with Gasteiger partial charge in [0.2, 0.25) is 0 Å². The zero-order chi connectivity index (χ0) is 17.4. The second kappa shape index (κ2) is 9.64. The van der Waals surface area contributed by atoms with Gasteiger partial charge in [-0.2, -0.15) is 0 Å².